The highest BCUT2D eigenvalue weighted by molar-refractivity contribution is 6.30. The maximum absolute atomic E-state index is 13.1. The predicted octanol–water partition coefficient (Wildman–Crippen LogP) is 3.82. The first kappa shape index (κ1) is 17.7. The molecule has 0 aliphatic heterocycles. The van der Waals surface area contributed by atoms with Crippen molar-refractivity contribution in [3.05, 3.63) is 65.2 Å². The Labute approximate surface area is 162 Å². The van der Waals surface area contributed by atoms with Gasteiger partial charge in [0.15, 0.2) is 5.82 Å². The first-order valence-electron chi connectivity index (χ1n) is 8.98. The second kappa shape index (κ2) is 7.12. The third-order valence-electron chi connectivity index (χ3n) is 5.22. The van der Waals surface area contributed by atoms with E-state index in [-0.39, 0.29) is 11.9 Å². The SMILES string of the molecule is C[C@H](NC(=O)C1(c2ccc(Cl)cc2)CCC1)c1nc(-c2cccnc2)n[nH]1. The van der Waals surface area contributed by atoms with Gasteiger partial charge in [-0.3, -0.25) is 14.9 Å². The van der Waals surface area contributed by atoms with Crippen molar-refractivity contribution < 1.29 is 4.79 Å². The number of pyridine rings is 1. The number of nitrogens with one attached hydrogen (secondary N) is 2. The molecule has 1 saturated carbocycles. The Morgan fingerprint density at radius 1 is 1.26 bits per heavy atom. The zero-order valence-electron chi connectivity index (χ0n) is 14.9. The van der Waals surface area contributed by atoms with Crippen LogP contribution in [0, 0.1) is 0 Å². The first-order chi connectivity index (χ1) is 13.1. The fourth-order valence-electron chi connectivity index (χ4n) is 3.44. The number of halogens is 1. The van der Waals surface area contributed by atoms with Crippen LogP contribution in [0.15, 0.2) is 48.8 Å². The lowest BCUT2D eigenvalue weighted by Gasteiger charge is -2.41. The van der Waals surface area contributed by atoms with Crippen molar-refractivity contribution >= 4 is 17.5 Å². The van der Waals surface area contributed by atoms with E-state index in [4.69, 9.17) is 11.6 Å². The number of hydrogen-bond acceptors (Lipinski definition) is 4. The Balaban J connectivity index is 1.50. The molecular weight excluding hydrogens is 362 g/mol. The van der Waals surface area contributed by atoms with Gasteiger partial charge >= 0.3 is 0 Å². The van der Waals surface area contributed by atoms with Crippen LogP contribution in [-0.2, 0) is 10.2 Å². The molecule has 1 fully saturated rings. The quantitative estimate of drug-likeness (QED) is 0.703. The van der Waals surface area contributed by atoms with Gasteiger partial charge in [0, 0.05) is 23.0 Å². The van der Waals surface area contributed by atoms with E-state index in [1.807, 2.05) is 43.3 Å². The summed E-state index contributed by atoms with van der Waals surface area (Å²) in [6.45, 7) is 1.90. The molecule has 0 radical (unpaired) electrons. The molecule has 27 heavy (non-hydrogen) atoms. The van der Waals surface area contributed by atoms with Gasteiger partial charge in [-0.15, -0.1) is 0 Å². The van der Waals surface area contributed by atoms with Gasteiger partial charge in [0.05, 0.1) is 11.5 Å². The van der Waals surface area contributed by atoms with Gasteiger partial charge in [-0.05, 0) is 49.6 Å². The third kappa shape index (κ3) is 3.32. The van der Waals surface area contributed by atoms with Crippen molar-refractivity contribution in [2.24, 2.45) is 0 Å². The number of rotatable bonds is 5. The highest BCUT2D eigenvalue weighted by atomic mass is 35.5. The topological polar surface area (TPSA) is 83.6 Å². The number of hydrogen-bond donors (Lipinski definition) is 2. The van der Waals surface area contributed by atoms with E-state index >= 15 is 0 Å². The summed E-state index contributed by atoms with van der Waals surface area (Å²) < 4.78 is 0. The number of amides is 1. The monoisotopic (exact) mass is 381 g/mol. The van der Waals surface area contributed by atoms with E-state index in [0.717, 1.165) is 30.4 Å². The highest BCUT2D eigenvalue weighted by Crippen LogP contribution is 2.44. The number of aromatic amines is 1. The molecule has 2 heterocycles. The normalized spacial score (nSPS) is 16.4. The first-order valence-corrected chi connectivity index (χ1v) is 9.36. The third-order valence-corrected chi connectivity index (χ3v) is 5.47. The van der Waals surface area contributed by atoms with Gasteiger partial charge in [-0.2, -0.15) is 5.10 Å². The van der Waals surface area contributed by atoms with E-state index < -0.39 is 5.41 Å². The van der Waals surface area contributed by atoms with Gasteiger partial charge in [-0.25, -0.2) is 4.98 Å². The molecule has 2 N–H and O–H groups in total. The van der Waals surface area contributed by atoms with Crippen LogP contribution < -0.4 is 5.32 Å². The van der Waals surface area contributed by atoms with Gasteiger partial charge in [0.1, 0.15) is 5.82 Å². The summed E-state index contributed by atoms with van der Waals surface area (Å²) in [4.78, 5) is 21.7. The number of carbonyl (C=O) groups is 1. The van der Waals surface area contributed by atoms with Gasteiger partial charge < -0.3 is 5.32 Å². The molecule has 4 rings (SSSR count). The van der Waals surface area contributed by atoms with Crippen molar-refractivity contribution in [1.29, 1.82) is 0 Å². The molecule has 0 spiro atoms. The number of aromatic nitrogens is 4. The lowest BCUT2D eigenvalue weighted by molar-refractivity contribution is -0.130. The molecule has 7 heteroatoms. The second-order valence-corrected chi connectivity index (χ2v) is 7.36. The minimum absolute atomic E-state index is 0.0166. The van der Waals surface area contributed by atoms with Crippen molar-refractivity contribution in [2.45, 2.75) is 37.6 Å². The van der Waals surface area contributed by atoms with Crippen LogP contribution in [0.25, 0.3) is 11.4 Å². The van der Waals surface area contributed by atoms with Crippen molar-refractivity contribution in [1.82, 2.24) is 25.5 Å². The molecule has 2 aromatic heterocycles. The summed E-state index contributed by atoms with van der Waals surface area (Å²) in [7, 11) is 0. The molecule has 1 amide bonds. The Morgan fingerprint density at radius 2 is 2.04 bits per heavy atom. The predicted molar refractivity (Wildman–Crippen MR) is 103 cm³/mol. The summed E-state index contributed by atoms with van der Waals surface area (Å²) in [6.07, 6.45) is 6.13. The summed E-state index contributed by atoms with van der Waals surface area (Å²) in [5.41, 5.74) is 1.36. The molecule has 1 atom stereocenters. The minimum Gasteiger partial charge on any atom is -0.346 e. The molecule has 3 aromatic rings. The molecule has 0 bridgehead atoms. The maximum atomic E-state index is 13.1. The van der Waals surface area contributed by atoms with Crippen molar-refractivity contribution in [3.63, 3.8) is 0 Å². The zero-order valence-corrected chi connectivity index (χ0v) is 15.7. The van der Waals surface area contributed by atoms with Crippen LogP contribution in [0.3, 0.4) is 0 Å². The number of carbonyl (C=O) groups excluding carboxylic acids is 1. The van der Waals surface area contributed by atoms with Crippen LogP contribution in [0.5, 0.6) is 0 Å². The van der Waals surface area contributed by atoms with E-state index in [2.05, 4.69) is 25.5 Å². The van der Waals surface area contributed by atoms with E-state index in [1.165, 1.54) is 0 Å². The number of H-pyrrole nitrogens is 1. The Hall–Kier alpha value is -2.73. The Kier molecular flexibility index (Phi) is 4.66. The molecule has 0 unspecified atom stereocenters. The average molecular weight is 382 g/mol. The van der Waals surface area contributed by atoms with Crippen LogP contribution in [0.1, 0.15) is 43.6 Å². The summed E-state index contributed by atoms with van der Waals surface area (Å²) >= 11 is 6.00. The van der Waals surface area contributed by atoms with Gasteiger partial charge in [0.2, 0.25) is 5.91 Å². The van der Waals surface area contributed by atoms with Crippen molar-refractivity contribution in [3.8, 4) is 11.4 Å². The van der Waals surface area contributed by atoms with E-state index in [1.54, 1.807) is 12.4 Å². The summed E-state index contributed by atoms with van der Waals surface area (Å²) in [5, 5.41) is 10.9. The van der Waals surface area contributed by atoms with Crippen LogP contribution in [0.4, 0.5) is 0 Å². The standard InChI is InChI=1S/C20H20ClN5O/c1-13(17-24-18(26-25-17)14-4-2-11-22-12-14)23-19(27)20(9-3-10-20)15-5-7-16(21)8-6-15/h2,4-8,11-13H,3,9-10H2,1H3,(H,23,27)(H,24,25,26)/t13-/m0/s1. The lowest BCUT2D eigenvalue weighted by Crippen LogP contribution is -2.49. The summed E-state index contributed by atoms with van der Waals surface area (Å²) in [6, 6.07) is 11.0. The maximum Gasteiger partial charge on any atom is 0.231 e. The number of benzene rings is 1. The molecule has 0 saturated heterocycles. The Bertz CT molecular complexity index is 935. The van der Waals surface area contributed by atoms with Crippen LogP contribution in [-0.4, -0.2) is 26.1 Å². The van der Waals surface area contributed by atoms with Crippen molar-refractivity contribution in [2.75, 3.05) is 0 Å². The minimum atomic E-state index is -0.481. The molecule has 138 valence electrons. The second-order valence-electron chi connectivity index (χ2n) is 6.92. The molecule has 1 aliphatic rings. The van der Waals surface area contributed by atoms with Gasteiger partial charge in [-0.1, -0.05) is 30.2 Å². The zero-order chi connectivity index (χ0) is 18.9. The van der Waals surface area contributed by atoms with Gasteiger partial charge in [0.25, 0.3) is 0 Å². The number of nitrogens with zero attached hydrogens (tertiary/aromatic N) is 3. The largest absolute Gasteiger partial charge is 0.346 e. The summed E-state index contributed by atoms with van der Waals surface area (Å²) in [5.74, 6) is 1.20. The van der Waals surface area contributed by atoms with Crippen LogP contribution >= 0.6 is 11.6 Å². The van der Waals surface area contributed by atoms with E-state index in [0.29, 0.717) is 16.7 Å². The molecular formula is C20H20ClN5O. The Morgan fingerprint density at radius 3 is 2.67 bits per heavy atom. The smallest absolute Gasteiger partial charge is 0.231 e. The lowest BCUT2D eigenvalue weighted by atomic mass is 9.63. The van der Waals surface area contributed by atoms with Crippen LogP contribution in [0.2, 0.25) is 5.02 Å². The fourth-order valence-corrected chi connectivity index (χ4v) is 3.57. The fraction of sp³-hybridized carbons (Fsp3) is 0.300. The molecule has 1 aromatic carbocycles. The van der Waals surface area contributed by atoms with E-state index in [9.17, 15) is 4.79 Å². The molecule has 1 aliphatic carbocycles. The molecule has 6 nitrogen and oxygen atoms in total. The average Bonchev–Trinajstić information content (AvgIpc) is 3.13. The highest BCUT2D eigenvalue weighted by Gasteiger charge is 2.46.